The third kappa shape index (κ3) is 4.13. The maximum atomic E-state index is 4.17. The van der Waals surface area contributed by atoms with E-state index in [1.165, 1.54) is 33.4 Å². The van der Waals surface area contributed by atoms with Crippen molar-refractivity contribution in [1.29, 1.82) is 0 Å². The van der Waals surface area contributed by atoms with Gasteiger partial charge >= 0.3 is 0 Å². The quantitative estimate of drug-likeness (QED) is 0.602. The molecule has 1 aliphatic rings. The molecule has 134 valence electrons. The number of nitrogens with one attached hydrogen (secondary N) is 1. The number of benzene rings is 2. The van der Waals surface area contributed by atoms with Crippen molar-refractivity contribution in [1.82, 2.24) is 0 Å². The molecule has 1 N–H and O–H groups in total. The van der Waals surface area contributed by atoms with Crippen molar-refractivity contribution >= 4 is 18.1 Å². The molecule has 2 heteroatoms. The smallest absolute Gasteiger partial charge is 0.0856 e. The number of aliphatic imine (C=N–C) groups is 1. The number of anilines is 1. The predicted octanol–water partition coefficient (Wildman–Crippen LogP) is 6.11. The minimum absolute atomic E-state index is 0.854. The van der Waals surface area contributed by atoms with Crippen molar-refractivity contribution < 1.29 is 0 Å². The Balaban J connectivity index is 1.61. The predicted molar refractivity (Wildman–Crippen MR) is 114 cm³/mol. The fraction of sp³-hybridized carbons (Fsp3) is 0.292. The van der Waals surface area contributed by atoms with Crippen LogP contribution in [0.25, 0.3) is 0 Å². The molecule has 3 rings (SSSR count). The van der Waals surface area contributed by atoms with Crippen molar-refractivity contribution in [2.75, 3.05) is 11.9 Å². The Morgan fingerprint density at radius 1 is 1.04 bits per heavy atom. The third-order valence-electron chi connectivity index (χ3n) is 5.10. The van der Waals surface area contributed by atoms with Gasteiger partial charge in [-0.2, -0.15) is 0 Å². The molecule has 0 aromatic heterocycles. The van der Waals surface area contributed by atoms with Crippen LogP contribution in [-0.4, -0.2) is 13.3 Å². The number of para-hydroxylation sites is 1. The van der Waals surface area contributed by atoms with Gasteiger partial charge in [-0.25, -0.2) is 0 Å². The first kappa shape index (κ1) is 18.2. The highest BCUT2D eigenvalue weighted by Crippen LogP contribution is 2.30. The van der Waals surface area contributed by atoms with E-state index in [4.69, 9.17) is 0 Å². The summed E-state index contributed by atoms with van der Waals surface area (Å²) in [4.78, 5) is 4.17. The van der Waals surface area contributed by atoms with Crippen molar-refractivity contribution in [2.45, 2.75) is 40.0 Å². The molecule has 26 heavy (non-hydrogen) atoms. The van der Waals surface area contributed by atoms with Gasteiger partial charge in [-0.05, 0) is 68.2 Å². The van der Waals surface area contributed by atoms with Gasteiger partial charge in [0.1, 0.15) is 0 Å². The Kier molecular flexibility index (Phi) is 5.72. The monoisotopic (exact) mass is 344 g/mol. The largest absolute Gasteiger partial charge is 0.379 e. The molecular weight excluding hydrogens is 316 g/mol. The van der Waals surface area contributed by atoms with E-state index in [0.717, 1.165) is 37.2 Å². The Labute approximate surface area is 157 Å². The van der Waals surface area contributed by atoms with E-state index < -0.39 is 0 Å². The van der Waals surface area contributed by atoms with E-state index in [0.29, 0.717) is 0 Å². The second-order valence-electron chi connectivity index (χ2n) is 7.11. The second kappa shape index (κ2) is 8.18. The maximum Gasteiger partial charge on any atom is 0.0856 e. The normalized spacial score (nSPS) is 13.3. The number of allylic oxidation sites excluding steroid dienone is 3. The second-order valence-corrected chi connectivity index (χ2v) is 7.11. The number of aryl methyl sites for hydroxylation is 3. The molecule has 0 unspecified atom stereocenters. The van der Waals surface area contributed by atoms with Gasteiger partial charge < -0.3 is 5.32 Å². The summed E-state index contributed by atoms with van der Waals surface area (Å²) in [5.41, 5.74) is 10.4. The van der Waals surface area contributed by atoms with Crippen LogP contribution in [0.15, 0.2) is 64.7 Å². The highest BCUT2D eigenvalue weighted by Gasteiger charge is 2.12. The first-order valence-electron chi connectivity index (χ1n) is 9.36. The average Bonchev–Trinajstić information content (AvgIpc) is 3.10. The Hall–Kier alpha value is -2.61. The zero-order valence-corrected chi connectivity index (χ0v) is 16.1. The maximum absolute atomic E-state index is 4.17. The third-order valence-corrected chi connectivity index (χ3v) is 5.10. The van der Waals surface area contributed by atoms with Crippen molar-refractivity contribution in [3.63, 3.8) is 0 Å². The highest BCUT2D eigenvalue weighted by atomic mass is 14.9. The fourth-order valence-corrected chi connectivity index (χ4v) is 3.54. The van der Waals surface area contributed by atoms with Crippen LogP contribution in [-0.2, 0) is 12.8 Å². The molecule has 0 aliphatic heterocycles. The van der Waals surface area contributed by atoms with Crippen molar-refractivity contribution in [2.24, 2.45) is 4.99 Å². The van der Waals surface area contributed by atoms with Gasteiger partial charge in [-0.15, -0.1) is 0 Å². The standard InChI is InChI=1S/C24H28N2/c1-5-21-7-6-8-23(25-4)24(21)26-16-20-12-11-19(14-20)15-22-13-17(2)9-10-18(22)3/h6-13,26H,4-5,14-16H2,1-3H3. The molecular formula is C24H28N2. The Morgan fingerprint density at radius 2 is 1.85 bits per heavy atom. The average molecular weight is 345 g/mol. The van der Waals surface area contributed by atoms with E-state index in [-0.39, 0.29) is 0 Å². The van der Waals surface area contributed by atoms with Crippen LogP contribution in [0.4, 0.5) is 11.4 Å². The Morgan fingerprint density at radius 3 is 2.62 bits per heavy atom. The lowest BCUT2D eigenvalue weighted by Gasteiger charge is -2.15. The molecule has 0 heterocycles. The van der Waals surface area contributed by atoms with Gasteiger partial charge in [0, 0.05) is 6.54 Å². The van der Waals surface area contributed by atoms with Crippen LogP contribution in [0.1, 0.15) is 35.6 Å². The summed E-state index contributed by atoms with van der Waals surface area (Å²) in [5.74, 6) is 0. The minimum Gasteiger partial charge on any atom is -0.379 e. The van der Waals surface area contributed by atoms with Gasteiger partial charge in [-0.3, -0.25) is 4.99 Å². The first-order chi connectivity index (χ1) is 12.6. The molecule has 0 fully saturated rings. The zero-order chi connectivity index (χ0) is 18.5. The van der Waals surface area contributed by atoms with Crippen molar-refractivity contribution in [3.8, 4) is 0 Å². The molecule has 0 saturated heterocycles. The molecule has 0 saturated carbocycles. The molecule has 0 atom stereocenters. The van der Waals surface area contributed by atoms with E-state index in [1.54, 1.807) is 0 Å². The number of hydrogen-bond acceptors (Lipinski definition) is 2. The minimum atomic E-state index is 0.854. The van der Waals surface area contributed by atoms with Gasteiger partial charge in [0.2, 0.25) is 0 Å². The highest BCUT2D eigenvalue weighted by molar-refractivity contribution is 5.72. The van der Waals surface area contributed by atoms with Crippen LogP contribution in [0.2, 0.25) is 0 Å². The summed E-state index contributed by atoms with van der Waals surface area (Å²) in [6, 6.07) is 12.9. The van der Waals surface area contributed by atoms with Crippen LogP contribution in [0.5, 0.6) is 0 Å². The summed E-state index contributed by atoms with van der Waals surface area (Å²) in [6.07, 6.45) is 7.63. The lowest BCUT2D eigenvalue weighted by Crippen LogP contribution is -2.07. The lowest BCUT2D eigenvalue weighted by atomic mass is 9.97. The van der Waals surface area contributed by atoms with Gasteiger partial charge in [0.15, 0.2) is 0 Å². The molecule has 0 spiro atoms. The summed E-state index contributed by atoms with van der Waals surface area (Å²) >= 11 is 0. The summed E-state index contributed by atoms with van der Waals surface area (Å²) in [7, 11) is 0. The molecule has 2 aromatic carbocycles. The van der Waals surface area contributed by atoms with Gasteiger partial charge in [0.05, 0.1) is 11.4 Å². The van der Waals surface area contributed by atoms with Gasteiger partial charge in [0.25, 0.3) is 0 Å². The van der Waals surface area contributed by atoms with Crippen LogP contribution in [0.3, 0.4) is 0 Å². The molecule has 1 aliphatic carbocycles. The number of rotatable bonds is 7. The van der Waals surface area contributed by atoms with E-state index in [2.05, 4.69) is 74.2 Å². The number of hydrogen-bond donors (Lipinski definition) is 1. The van der Waals surface area contributed by atoms with Crippen LogP contribution in [0, 0.1) is 13.8 Å². The molecule has 2 aromatic rings. The summed E-state index contributed by atoms with van der Waals surface area (Å²) in [5, 5.41) is 3.60. The summed E-state index contributed by atoms with van der Waals surface area (Å²) in [6.45, 7) is 11.1. The topological polar surface area (TPSA) is 24.4 Å². The summed E-state index contributed by atoms with van der Waals surface area (Å²) < 4.78 is 0. The van der Waals surface area contributed by atoms with Crippen LogP contribution >= 0.6 is 0 Å². The fourth-order valence-electron chi connectivity index (χ4n) is 3.54. The van der Waals surface area contributed by atoms with Crippen molar-refractivity contribution in [3.05, 3.63) is 82.0 Å². The van der Waals surface area contributed by atoms with Crippen LogP contribution < -0.4 is 5.32 Å². The first-order valence-corrected chi connectivity index (χ1v) is 9.36. The Bertz CT molecular complexity index is 872. The zero-order valence-electron chi connectivity index (χ0n) is 16.1. The molecule has 0 bridgehead atoms. The van der Waals surface area contributed by atoms with Gasteiger partial charge in [-0.1, -0.05) is 60.5 Å². The van der Waals surface area contributed by atoms with E-state index in [1.807, 2.05) is 12.1 Å². The molecule has 2 nitrogen and oxygen atoms in total. The van der Waals surface area contributed by atoms with E-state index in [9.17, 15) is 0 Å². The molecule has 0 amide bonds. The SMILES string of the molecule is C=Nc1cccc(CC)c1NCC1=CC=C(Cc2cc(C)ccc2C)C1. The lowest BCUT2D eigenvalue weighted by molar-refractivity contribution is 1.00. The van der Waals surface area contributed by atoms with E-state index >= 15 is 0 Å². The molecule has 0 radical (unpaired) electrons. The number of nitrogens with zero attached hydrogens (tertiary/aromatic N) is 1.